The van der Waals surface area contributed by atoms with E-state index in [-0.39, 0.29) is 18.0 Å². The zero-order valence-electron chi connectivity index (χ0n) is 15.4. The third-order valence-electron chi connectivity index (χ3n) is 4.56. The SMILES string of the molecule is O=C(NCCCCN1CCC(Oc2ccc(F)cc2)C1)Nc1ccccc1. The lowest BCUT2D eigenvalue weighted by Crippen LogP contribution is -2.30. The van der Waals surface area contributed by atoms with Gasteiger partial charge in [0, 0.05) is 25.3 Å². The molecule has 0 bridgehead atoms. The molecule has 5 nitrogen and oxygen atoms in total. The van der Waals surface area contributed by atoms with Crippen LogP contribution in [0.3, 0.4) is 0 Å². The van der Waals surface area contributed by atoms with Crippen LogP contribution in [0.25, 0.3) is 0 Å². The largest absolute Gasteiger partial charge is 0.489 e. The van der Waals surface area contributed by atoms with Gasteiger partial charge in [0.15, 0.2) is 0 Å². The molecule has 1 heterocycles. The number of halogens is 1. The van der Waals surface area contributed by atoms with E-state index < -0.39 is 0 Å². The number of carbonyl (C=O) groups excluding carboxylic acids is 1. The minimum Gasteiger partial charge on any atom is -0.489 e. The predicted octanol–water partition coefficient (Wildman–Crippen LogP) is 3.88. The number of nitrogens with one attached hydrogen (secondary N) is 2. The molecule has 0 aromatic heterocycles. The van der Waals surface area contributed by atoms with Crippen LogP contribution in [-0.4, -0.2) is 43.2 Å². The highest BCUT2D eigenvalue weighted by atomic mass is 19.1. The van der Waals surface area contributed by atoms with E-state index in [1.165, 1.54) is 12.1 Å². The normalized spacial score (nSPS) is 16.9. The van der Waals surface area contributed by atoms with Gasteiger partial charge in [0.1, 0.15) is 17.7 Å². The van der Waals surface area contributed by atoms with Gasteiger partial charge in [-0.25, -0.2) is 9.18 Å². The molecule has 2 aromatic rings. The number of hydrogen-bond donors (Lipinski definition) is 2. The average Bonchev–Trinajstić information content (AvgIpc) is 3.11. The fraction of sp³-hybridized carbons (Fsp3) is 0.381. The van der Waals surface area contributed by atoms with Gasteiger partial charge in [-0.2, -0.15) is 0 Å². The van der Waals surface area contributed by atoms with E-state index in [1.54, 1.807) is 12.1 Å². The number of rotatable bonds is 8. The third-order valence-corrected chi connectivity index (χ3v) is 4.56. The van der Waals surface area contributed by atoms with Crippen molar-refractivity contribution in [1.29, 1.82) is 0 Å². The summed E-state index contributed by atoms with van der Waals surface area (Å²) in [5.41, 5.74) is 0.791. The van der Waals surface area contributed by atoms with E-state index in [0.717, 1.165) is 50.3 Å². The molecule has 3 rings (SSSR count). The number of ether oxygens (including phenoxy) is 1. The van der Waals surface area contributed by atoms with Crippen molar-refractivity contribution in [1.82, 2.24) is 10.2 Å². The maximum Gasteiger partial charge on any atom is 0.319 e. The summed E-state index contributed by atoms with van der Waals surface area (Å²) in [5, 5.41) is 5.68. The van der Waals surface area contributed by atoms with Gasteiger partial charge in [0.2, 0.25) is 0 Å². The van der Waals surface area contributed by atoms with Crippen LogP contribution in [0.15, 0.2) is 54.6 Å². The second-order valence-corrected chi connectivity index (χ2v) is 6.74. The van der Waals surface area contributed by atoms with Crippen LogP contribution >= 0.6 is 0 Å². The first-order chi connectivity index (χ1) is 13.2. The Bertz CT molecular complexity index is 709. The number of para-hydroxylation sites is 1. The van der Waals surface area contributed by atoms with Crippen molar-refractivity contribution in [2.24, 2.45) is 0 Å². The Labute approximate surface area is 159 Å². The number of carbonyl (C=O) groups is 1. The van der Waals surface area contributed by atoms with Gasteiger partial charge in [0.25, 0.3) is 0 Å². The lowest BCUT2D eigenvalue weighted by atomic mass is 10.3. The first kappa shape index (κ1) is 19.2. The lowest BCUT2D eigenvalue weighted by Gasteiger charge is -2.17. The van der Waals surface area contributed by atoms with Crippen LogP contribution < -0.4 is 15.4 Å². The molecule has 1 fully saturated rings. The van der Waals surface area contributed by atoms with Crippen LogP contribution in [0.5, 0.6) is 5.75 Å². The van der Waals surface area contributed by atoms with Gasteiger partial charge < -0.3 is 15.4 Å². The minimum atomic E-state index is -0.249. The molecule has 1 unspecified atom stereocenters. The van der Waals surface area contributed by atoms with Gasteiger partial charge in [-0.05, 0) is 62.2 Å². The highest BCUT2D eigenvalue weighted by Crippen LogP contribution is 2.19. The highest BCUT2D eigenvalue weighted by Gasteiger charge is 2.23. The van der Waals surface area contributed by atoms with E-state index in [1.807, 2.05) is 30.3 Å². The molecule has 144 valence electrons. The number of likely N-dealkylation sites (tertiary alicyclic amines) is 1. The fourth-order valence-corrected chi connectivity index (χ4v) is 3.16. The van der Waals surface area contributed by atoms with Crippen molar-refractivity contribution < 1.29 is 13.9 Å². The highest BCUT2D eigenvalue weighted by molar-refractivity contribution is 5.89. The summed E-state index contributed by atoms with van der Waals surface area (Å²) < 4.78 is 18.8. The van der Waals surface area contributed by atoms with Crippen LogP contribution in [-0.2, 0) is 0 Å². The third kappa shape index (κ3) is 6.57. The Balaban J connectivity index is 1.25. The standard InChI is InChI=1S/C21H26FN3O2/c22-17-8-10-19(11-9-17)27-20-12-15-25(16-20)14-5-4-13-23-21(26)24-18-6-2-1-3-7-18/h1-3,6-11,20H,4-5,12-16H2,(H2,23,24,26). The molecule has 2 N–H and O–H groups in total. The van der Waals surface area contributed by atoms with Crippen molar-refractivity contribution >= 4 is 11.7 Å². The predicted molar refractivity (Wildman–Crippen MR) is 105 cm³/mol. The second kappa shape index (κ2) is 9.92. The van der Waals surface area contributed by atoms with Gasteiger partial charge in [0.05, 0.1) is 0 Å². The Kier molecular flexibility index (Phi) is 7.04. The van der Waals surface area contributed by atoms with Gasteiger partial charge >= 0.3 is 6.03 Å². The van der Waals surface area contributed by atoms with E-state index >= 15 is 0 Å². The second-order valence-electron chi connectivity index (χ2n) is 6.74. The van der Waals surface area contributed by atoms with Crippen LogP contribution in [0.2, 0.25) is 0 Å². The number of benzene rings is 2. The molecule has 27 heavy (non-hydrogen) atoms. The summed E-state index contributed by atoms with van der Waals surface area (Å²) in [5.74, 6) is 0.471. The Morgan fingerprint density at radius 3 is 2.67 bits per heavy atom. The number of urea groups is 1. The van der Waals surface area contributed by atoms with E-state index in [9.17, 15) is 9.18 Å². The maximum atomic E-state index is 12.9. The molecular formula is C21H26FN3O2. The van der Waals surface area contributed by atoms with Crippen molar-refractivity contribution in [3.05, 3.63) is 60.4 Å². The zero-order chi connectivity index (χ0) is 18.9. The summed E-state index contributed by atoms with van der Waals surface area (Å²) in [6, 6.07) is 15.4. The molecule has 1 saturated heterocycles. The number of hydrogen-bond acceptors (Lipinski definition) is 3. The molecule has 0 radical (unpaired) electrons. The van der Waals surface area contributed by atoms with Gasteiger partial charge in [-0.1, -0.05) is 18.2 Å². The Hall–Kier alpha value is -2.60. The molecule has 2 aromatic carbocycles. The Morgan fingerprint density at radius 1 is 1.11 bits per heavy atom. The fourth-order valence-electron chi connectivity index (χ4n) is 3.16. The number of unbranched alkanes of at least 4 members (excludes halogenated alkanes) is 1. The number of nitrogens with zero attached hydrogens (tertiary/aromatic N) is 1. The average molecular weight is 371 g/mol. The summed E-state index contributed by atoms with van der Waals surface area (Å²) in [6.45, 7) is 3.54. The zero-order valence-corrected chi connectivity index (χ0v) is 15.4. The lowest BCUT2D eigenvalue weighted by molar-refractivity contribution is 0.199. The first-order valence-corrected chi connectivity index (χ1v) is 9.43. The van der Waals surface area contributed by atoms with E-state index in [2.05, 4.69) is 15.5 Å². The molecule has 0 saturated carbocycles. The van der Waals surface area contributed by atoms with Gasteiger partial charge in [-0.3, -0.25) is 4.90 Å². The van der Waals surface area contributed by atoms with Crippen molar-refractivity contribution in [3.63, 3.8) is 0 Å². The first-order valence-electron chi connectivity index (χ1n) is 9.43. The van der Waals surface area contributed by atoms with Crippen molar-refractivity contribution in [3.8, 4) is 5.75 Å². The number of anilines is 1. The van der Waals surface area contributed by atoms with Crippen molar-refractivity contribution in [2.75, 3.05) is 31.5 Å². The van der Waals surface area contributed by atoms with Gasteiger partial charge in [-0.15, -0.1) is 0 Å². The molecule has 0 aliphatic carbocycles. The van der Waals surface area contributed by atoms with Crippen LogP contribution in [0.1, 0.15) is 19.3 Å². The summed E-state index contributed by atoms with van der Waals surface area (Å²) in [4.78, 5) is 14.2. The monoisotopic (exact) mass is 371 g/mol. The molecular weight excluding hydrogens is 345 g/mol. The summed E-state index contributed by atoms with van der Waals surface area (Å²) >= 11 is 0. The molecule has 1 aliphatic rings. The van der Waals surface area contributed by atoms with E-state index in [0.29, 0.717) is 6.54 Å². The summed E-state index contributed by atoms with van der Waals surface area (Å²) in [7, 11) is 0. The topological polar surface area (TPSA) is 53.6 Å². The Morgan fingerprint density at radius 2 is 1.89 bits per heavy atom. The van der Waals surface area contributed by atoms with E-state index in [4.69, 9.17) is 4.74 Å². The quantitative estimate of drug-likeness (QED) is 0.693. The molecule has 6 heteroatoms. The molecule has 1 aliphatic heterocycles. The molecule has 1 atom stereocenters. The molecule has 2 amide bonds. The molecule has 0 spiro atoms. The number of amides is 2. The minimum absolute atomic E-state index is 0.158. The summed E-state index contributed by atoms with van der Waals surface area (Å²) in [6.07, 6.45) is 3.09. The maximum absolute atomic E-state index is 12.9. The van der Waals surface area contributed by atoms with Crippen molar-refractivity contribution in [2.45, 2.75) is 25.4 Å². The van der Waals surface area contributed by atoms with Crippen LogP contribution in [0, 0.1) is 5.82 Å². The van der Waals surface area contributed by atoms with Crippen LogP contribution in [0.4, 0.5) is 14.9 Å². The smallest absolute Gasteiger partial charge is 0.319 e.